The second-order valence-corrected chi connectivity index (χ2v) is 8.80. The molecule has 186 valence electrons. The van der Waals surface area contributed by atoms with Gasteiger partial charge in [0.1, 0.15) is 24.0 Å². The molecule has 1 fully saturated rings. The van der Waals surface area contributed by atoms with Gasteiger partial charge < -0.3 is 19.9 Å². The summed E-state index contributed by atoms with van der Waals surface area (Å²) in [7, 11) is 0. The van der Waals surface area contributed by atoms with Crippen molar-refractivity contribution in [1.82, 2.24) is 14.9 Å². The number of hydrogen-bond donors (Lipinski definition) is 3. The molecule has 0 atom stereocenters. The molecule has 0 bridgehead atoms. The van der Waals surface area contributed by atoms with Crippen LogP contribution >= 0.6 is 0 Å². The summed E-state index contributed by atoms with van der Waals surface area (Å²) >= 11 is 0. The predicted octanol–water partition coefficient (Wildman–Crippen LogP) is 4.50. The number of amides is 1. The molecule has 3 N–H and O–H groups in total. The first-order valence-corrected chi connectivity index (χ1v) is 11.0. The SMILES string of the molecule is O=C(O)N[C@]1(c2ccc(-c3oc4ncn(CC(F)(F)F)c(=O)c4c3-c3ccccc3)cc2)C[C@@H](O)C1. The van der Waals surface area contributed by atoms with Crippen LogP contribution in [0.2, 0.25) is 0 Å². The Kier molecular flexibility index (Phi) is 5.59. The molecule has 1 aliphatic rings. The van der Waals surface area contributed by atoms with Crippen LogP contribution in [0.15, 0.2) is 70.1 Å². The quantitative estimate of drug-likeness (QED) is 0.372. The maximum Gasteiger partial charge on any atom is 0.406 e. The van der Waals surface area contributed by atoms with Gasteiger partial charge in [-0.15, -0.1) is 0 Å². The van der Waals surface area contributed by atoms with Gasteiger partial charge >= 0.3 is 12.3 Å². The number of benzene rings is 2. The Hall–Kier alpha value is -4.12. The molecule has 0 saturated heterocycles. The van der Waals surface area contributed by atoms with Crippen LogP contribution in [-0.4, -0.2) is 38.1 Å². The van der Waals surface area contributed by atoms with E-state index in [1.165, 1.54) is 0 Å². The van der Waals surface area contributed by atoms with Crippen LogP contribution in [0, 0.1) is 0 Å². The summed E-state index contributed by atoms with van der Waals surface area (Å²) in [6, 6.07) is 15.4. The van der Waals surface area contributed by atoms with Crippen molar-refractivity contribution in [3.8, 4) is 22.5 Å². The van der Waals surface area contributed by atoms with Crippen molar-refractivity contribution in [1.29, 1.82) is 0 Å². The topological polar surface area (TPSA) is 118 Å². The van der Waals surface area contributed by atoms with E-state index in [-0.39, 0.29) is 29.7 Å². The third kappa shape index (κ3) is 4.22. The minimum atomic E-state index is -4.61. The third-order valence-electron chi connectivity index (χ3n) is 6.30. The van der Waals surface area contributed by atoms with Crippen molar-refractivity contribution in [2.45, 2.75) is 37.2 Å². The van der Waals surface area contributed by atoms with E-state index in [0.717, 1.165) is 6.33 Å². The highest BCUT2D eigenvalue weighted by Crippen LogP contribution is 2.43. The van der Waals surface area contributed by atoms with Gasteiger partial charge in [-0.25, -0.2) is 9.78 Å². The number of aliphatic hydroxyl groups is 1. The average Bonchev–Trinajstić information content (AvgIpc) is 3.20. The number of hydrogen-bond acceptors (Lipinski definition) is 5. The van der Waals surface area contributed by atoms with Gasteiger partial charge in [0.15, 0.2) is 0 Å². The zero-order valence-corrected chi connectivity index (χ0v) is 18.6. The van der Waals surface area contributed by atoms with E-state index in [1.807, 2.05) is 0 Å². The summed E-state index contributed by atoms with van der Waals surface area (Å²) in [5.41, 5.74) is 0.130. The number of carboxylic acid groups (broad SMARTS) is 1. The van der Waals surface area contributed by atoms with Crippen LogP contribution in [0.4, 0.5) is 18.0 Å². The summed E-state index contributed by atoms with van der Waals surface area (Å²) in [6.45, 7) is -1.48. The first-order chi connectivity index (χ1) is 17.1. The van der Waals surface area contributed by atoms with E-state index in [2.05, 4.69) is 10.3 Å². The number of nitrogens with zero attached hydrogens (tertiary/aromatic N) is 2. The maximum atomic E-state index is 13.1. The normalized spacial score (nSPS) is 19.7. The molecule has 1 amide bonds. The van der Waals surface area contributed by atoms with E-state index in [9.17, 15) is 33.0 Å². The highest BCUT2D eigenvalue weighted by atomic mass is 19.4. The van der Waals surface area contributed by atoms with Crippen LogP contribution in [-0.2, 0) is 12.1 Å². The lowest BCUT2D eigenvalue weighted by Crippen LogP contribution is -2.56. The summed E-state index contributed by atoms with van der Waals surface area (Å²) in [4.78, 5) is 28.4. The van der Waals surface area contributed by atoms with E-state index < -0.39 is 36.0 Å². The summed E-state index contributed by atoms with van der Waals surface area (Å²) in [5.74, 6) is 0.242. The van der Waals surface area contributed by atoms with E-state index in [4.69, 9.17) is 4.42 Å². The third-order valence-corrected chi connectivity index (χ3v) is 6.30. The Morgan fingerprint density at radius 1 is 1.11 bits per heavy atom. The highest BCUT2D eigenvalue weighted by molar-refractivity contribution is 5.99. The zero-order valence-electron chi connectivity index (χ0n) is 18.6. The van der Waals surface area contributed by atoms with Gasteiger partial charge in [0.25, 0.3) is 5.56 Å². The number of aromatic nitrogens is 2. The summed E-state index contributed by atoms with van der Waals surface area (Å²) in [6.07, 6.45) is -5.18. The van der Waals surface area contributed by atoms with E-state index in [1.54, 1.807) is 54.6 Å². The van der Waals surface area contributed by atoms with E-state index >= 15 is 0 Å². The Balaban J connectivity index is 1.65. The van der Waals surface area contributed by atoms with E-state index in [0.29, 0.717) is 26.8 Å². The lowest BCUT2D eigenvalue weighted by molar-refractivity contribution is -0.141. The van der Waals surface area contributed by atoms with Gasteiger partial charge in [-0.2, -0.15) is 13.2 Å². The maximum absolute atomic E-state index is 13.1. The molecular formula is C25H20F3N3O5. The van der Waals surface area contributed by atoms with Crippen molar-refractivity contribution < 1.29 is 32.6 Å². The standard InChI is InChI=1S/C25H20F3N3O5/c26-25(27,28)12-31-13-29-21-19(22(31)33)18(14-4-2-1-3-5-14)20(36-21)15-6-8-16(9-7-15)24(30-23(34)35)10-17(32)11-24/h1-9,13,17,30,32H,10-12H2,(H,34,35)/t17-,24-. The minimum absolute atomic E-state index is 0.0712. The molecule has 0 aliphatic heterocycles. The number of halogens is 3. The second kappa shape index (κ2) is 8.52. The van der Waals surface area contributed by atoms with Crippen molar-refractivity contribution in [3.05, 3.63) is 76.8 Å². The average molecular weight is 499 g/mol. The van der Waals surface area contributed by atoms with Crippen LogP contribution in [0.3, 0.4) is 0 Å². The molecule has 36 heavy (non-hydrogen) atoms. The number of rotatable bonds is 5. The Morgan fingerprint density at radius 2 is 1.78 bits per heavy atom. The largest absolute Gasteiger partial charge is 0.465 e. The van der Waals surface area contributed by atoms with Gasteiger partial charge in [0.05, 0.1) is 11.6 Å². The molecule has 2 heterocycles. The number of carbonyl (C=O) groups is 1. The molecule has 0 radical (unpaired) electrons. The second-order valence-electron chi connectivity index (χ2n) is 8.80. The van der Waals surface area contributed by atoms with Gasteiger partial charge in [-0.3, -0.25) is 9.36 Å². The molecule has 5 rings (SSSR count). The smallest absolute Gasteiger partial charge is 0.406 e. The molecule has 11 heteroatoms. The molecule has 2 aromatic heterocycles. The van der Waals surface area contributed by atoms with Crippen molar-refractivity contribution in [2.75, 3.05) is 0 Å². The number of alkyl halides is 3. The summed E-state index contributed by atoms with van der Waals surface area (Å²) < 4.78 is 45.5. The fraction of sp³-hybridized carbons (Fsp3) is 0.240. The molecular weight excluding hydrogens is 479 g/mol. The fourth-order valence-electron chi connectivity index (χ4n) is 4.72. The van der Waals surface area contributed by atoms with Gasteiger partial charge in [0.2, 0.25) is 5.71 Å². The molecule has 8 nitrogen and oxygen atoms in total. The lowest BCUT2D eigenvalue weighted by atomic mass is 9.69. The van der Waals surface area contributed by atoms with Crippen LogP contribution < -0.4 is 10.9 Å². The molecule has 4 aromatic rings. The van der Waals surface area contributed by atoms with Crippen molar-refractivity contribution in [2.24, 2.45) is 0 Å². The molecule has 1 saturated carbocycles. The first kappa shape index (κ1) is 23.6. The lowest BCUT2D eigenvalue weighted by Gasteiger charge is -2.45. The predicted molar refractivity (Wildman–Crippen MR) is 123 cm³/mol. The van der Waals surface area contributed by atoms with Gasteiger partial charge in [-0.05, 0) is 11.1 Å². The zero-order chi connectivity index (χ0) is 25.7. The summed E-state index contributed by atoms with van der Waals surface area (Å²) in [5, 5.41) is 21.4. The Labute approximate surface area is 201 Å². The fourth-order valence-corrected chi connectivity index (χ4v) is 4.72. The number of furan rings is 1. The highest BCUT2D eigenvalue weighted by Gasteiger charge is 2.46. The van der Waals surface area contributed by atoms with Crippen LogP contribution in [0.5, 0.6) is 0 Å². The Bertz CT molecular complexity index is 1490. The van der Waals surface area contributed by atoms with Gasteiger partial charge in [0, 0.05) is 24.0 Å². The minimum Gasteiger partial charge on any atom is -0.465 e. The van der Waals surface area contributed by atoms with Crippen LogP contribution in [0.1, 0.15) is 18.4 Å². The van der Waals surface area contributed by atoms with Gasteiger partial charge in [-0.1, -0.05) is 54.6 Å². The molecule has 0 spiro atoms. The molecule has 1 aliphatic carbocycles. The van der Waals surface area contributed by atoms with Crippen molar-refractivity contribution >= 4 is 17.2 Å². The first-order valence-electron chi connectivity index (χ1n) is 11.0. The van der Waals surface area contributed by atoms with Crippen LogP contribution in [0.25, 0.3) is 33.6 Å². The number of fused-ring (bicyclic) bond motifs is 1. The molecule has 0 unspecified atom stereocenters. The Morgan fingerprint density at radius 3 is 2.36 bits per heavy atom. The number of aliphatic hydroxyl groups excluding tert-OH is 1. The molecule has 2 aromatic carbocycles. The monoisotopic (exact) mass is 499 g/mol. The van der Waals surface area contributed by atoms with Crippen molar-refractivity contribution in [3.63, 3.8) is 0 Å². The number of nitrogens with one attached hydrogen (secondary N) is 1.